The van der Waals surface area contributed by atoms with Crippen molar-refractivity contribution in [2.24, 2.45) is 5.73 Å². The third-order valence-electron chi connectivity index (χ3n) is 2.11. The molecule has 0 radical (unpaired) electrons. The minimum Gasteiger partial charge on any atom is -0.440 e. The van der Waals surface area contributed by atoms with Gasteiger partial charge in [-0.25, -0.2) is 4.98 Å². The quantitative estimate of drug-likeness (QED) is 0.789. The molecule has 0 fully saturated rings. The van der Waals surface area contributed by atoms with Gasteiger partial charge in [-0.1, -0.05) is 0 Å². The Morgan fingerprint density at radius 1 is 1.53 bits per heavy atom. The first-order valence-electron chi connectivity index (χ1n) is 4.97. The van der Waals surface area contributed by atoms with Crippen LogP contribution >= 0.6 is 0 Å². The van der Waals surface area contributed by atoms with Gasteiger partial charge in [-0.3, -0.25) is 5.10 Å². The van der Waals surface area contributed by atoms with E-state index in [1.807, 2.05) is 13.0 Å². The summed E-state index contributed by atoms with van der Waals surface area (Å²) in [5.74, 6) is 1.42. The molecule has 2 rings (SSSR count). The van der Waals surface area contributed by atoms with Crippen LogP contribution in [-0.4, -0.2) is 21.7 Å². The van der Waals surface area contributed by atoms with Gasteiger partial charge in [0.2, 0.25) is 5.89 Å². The Bertz CT molecular complexity index is 432. The van der Waals surface area contributed by atoms with Crippen LogP contribution in [0.2, 0.25) is 0 Å². The number of aromatic amines is 1. The molecule has 0 spiro atoms. The first-order chi connectivity index (χ1) is 7.29. The molecule has 15 heavy (non-hydrogen) atoms. The van der Waals surface area contributed by atoms with E-state index in [0.717, 1.165) is 30.0 Å². The molecule has 2 heterocycles. The van der Waals surface area contributed by atoms with Gasteiger partial charge in [0, 0.05) is 12.1 Å². The normalized spacial score (nSPS) is 10.8. The summed E-state index contributed by atoms with van der Waals surface area (Å²) >= 11 is 0. The molecule has 0 unspecified atom stereocenters. The standard InChI is InChI=1S/C10H14N4O/c1-7-5-9(14-13-7)10-12-6-8(15-10)3-2-4-11/h5-6H,2-4,11H2,1H3,(H,13,14). The van der Waals surface area contributed by atoms with Crippen molar-refractivity contribution in [3.63, 3.8) is 0 Å². The lowest BCUT2D eigenvalue weighted by atomic mass is 10.3. The van der Waals surface area contributed by atoms with Gasteiger partial charge in [-0.05, 0) is 26.0 Å². The molecule has 0 amide bonds. The van der Waals surface area contributed by atoms with Gasteiger partial charge in [0.05, 0.1) is 6.20 Å². The number of rotatable bonds is 4. The van der Waals surface area contributed by atoms with E-state index in [1.165, 1.54) is 0 Å². The number of aromatic nitrogens is 3. The fourth-order valence-electron chi connectivity index (χ4n) is 1.35. The highest BCUT2D eigenvalue weighted by Gasteiger charge is 2.08. The van der Waals surface area contributed by atoms with Crippen molar-refractivity contribution >= 4 is 0 Å². The molecule has 0 saturated carbocycles. The van der Waals surface area contributed by atoms with E-state index < -0.39 is 0 Å². The Morgan fingerprint density at radius 3 is 3.07 bits per heavy atom. The Labute approximate surface area is 87.7 Å². The molecule has 80 valence electrons. The van der Waals surface area contributed by atoms with Crippen molar-refractivity contribution in [3.05, 3.63) is 23.7 Å². The summed E-state index contributed by atoms with van der Waals surface area (Å²) in [7, 11) is 0. The van der Waals surface area contributed by atoms with Gasteiger partial charge in [0.1, 0.15) is 11.5 Å². The Balaban J connectivity index is 2.13. The molecular weight excluding hydrogens is 192 g/mol. The Kier molecular flexibility index (Phi) is 2.82. The maximum atomic E-state index is 5.54. The van der Waals surface area contributed by atoms with Gasteiger partial charge < -0.3 is 10.2 Å². The molecule has 0 aliphatic carbocycles. The lowest BCUT2D eigenvalue weighted by molar-refractivity contribution is 0.509. The van der Waals surface area contributed by atoms with Crippen LogP contribution in [0, 0.1) is 6.92 Å². The first kappa shape index (κ1) is 9.92. The zero-order valence-corrected chi connectivity index (χ0v) is 8.66. The summed E-state index contributed by atoms with van der Waals surface area (Å²) in [6, 6.07) is 1.90. The third-order valence-corrected chi connectivity index (χ3v) is 2.11. The second kappa shape index (κ2) is 4.27. The highest BCUT2D eigenvalue weighted by Crippen LogP contribution is 2.17. The molecule has 0 aliphatic rings. The molecule has 0 bridgehead atoms. The largest absolute Gasteiger partial charge is 0.440 e. The summed E-state index contributed by atoms with van der Waals surface area (Å²) < 4.78 is 5.54. The van der Waals surface area contributed by atoms with E-state index in [1.54, 1.807) is 6.20 Å². The summed E-state index contributed by atoms with van der Waals surface area (Å²) in [6.07, 6.45) is 3.47. The maximum absolute atomic E-state index is 5.54. The summed E-state index contributed by atoms with van der Waals surface area (Å²) in [6.45, 7) is 2.60. The molecule has 0 aliphatic heterocycles. The number of hydrogen-bond donors (Lipinski definition) is 2. The number of aryl methyl sites for hydroxylation is 2. The number of hydrogen-bond acceptors (Lipinski definition) is 4. The Hall–Kier alpha value is -1.62. The second-order valence-corrected chi connectivity index (χ2v) is 3.46. The van der Waals surface area contributed by atoms with E-state index in [-0.39, 0.29) is 0 Å². The molecule has 5 heteroatoms. The van der Waals surface area contributed by atoms with Crippen molar-refractivity contribution in [1.82, 2.24) is 15.2 Å². The smallest absolute Gasteiger partial charge is 0.247 e. The molecule has 3 N–H and O–H groups in total. The fourth-order valence-corrected chi connectivity index (χ4v) is 1.35. The van der Waals surface area contributed by atoms with E-state index in [9.17, 15) is 0 Å². The van der Waals surface area contributed by atoms with Crippen LogP contribution in [0.1, 0.15) is 17.9 Å². The molecule has 0 saturated heterocycles. The van der Waals surface area contributed by atoms with Gasteiger partial charge in [0.15, 0.2) is 0 Å². The Morgan fingerprint density at radius 2 is 2.40 bits per heavy atom. The van der Waals surface area contributed by atoms with Crippen LogP contribution in [0.15, 0.2) is 16.7 Å². The van der Waals surface area contributed by atoms with Gasteiger partial charge in [-0.15, -0.1) is 0 Å². The van der Waals surface area contributed by atoms with E-state index >= 15 is 0 Å². The third kappa shape index (κ3) is 2.24. The molecule has 2 aromatic heterocycles. The van der Waals surface area contributed by atoms with Gasteiger partial charge in [-0.2, -0.15) is 5.10 Å². The zero-order valence-electron chi connectivity index (χ0n) is 8.66. The maximum Gasteiger partial charge on any atom is 0.247 e. The predicted molar refractivity (Wildman–Crippen MR) is 56.2 cm³/mol. The predicted octanol–water partition coefficient (Wildman–Crippen LogP) is 1.26. The fraction of sp³-hybridized carbons (Fsp3) is 0.400. The number of nitrogens with zero attached hydrogens (tertiary/aromatic N) is 2. The van der Waals surface area contributed by atoms with Crippen LogP contribution < -0.4 is 5.73 Å². The average molecular weight is 206 g/mol. The molecule has 0 aromatic carbocycles. The van der Waals surface area contributed by atoms with Crippen LogP contribution in [0.25, 0.3) is 11.6 Å². The van der Waals surface area contributed by atoms with Crippen molar-refractivity contribution in [2.45, 2.75) is 19.8 Å². The lowest BCUT2D eigenvalue weighted by Gasteiger charge is -1.91. The average Bonchev–Trinajstić information content (AvgIpc) is 2.83. The number of oxazole rings is 1. The minimum absolute atomic E-state index is 0.561. The molecule has 0 atom stereocenters. The van der Waals surface area contributed by atoms with E-state index in [0.29, 0.717) is 12.4 Å². The van der Waals surface area contributed by atoms with Crippen molar-refractivity contribution in [3.8, 4) is 11.6 Å². The van der Waals surface area contributed by atoms with Gasteiger partial charge in [0.25, 0.3) is 0 Å². The summed E-state index contributed by atoms with van der Waals surface area (Å²) in [5, 5.41) is 6.92. The topological polar surface area (TPSA) is 80.7 Å². The monoisotopic (exact) mass is 206 g/mol. The van der Waals surface area contributed by atoms with Crippen molar-refractivity contribution < 1.29 is 4.42 Å². The lowest BCUT2D eigenvalue weighted by Crippen LogP contribution is -1.99. The van der Waals surface area contributed by atoms with E-state index in [4.69, 9.17) is 10.2 Å². The summed E-state index contributed by atoms with van der Waals surface area (Å²) in [4.78, 5) is 4.16. The molecule has 2 aromatic rings. The van der Waals surface area contributed by atoms with Crippen LogP contribution in [0.5, 0.6) is 0 Å². The summed E-state index contributed by atoms with van der Waals surface area (Å²) in [5.41, 5.74) is 7.15. The minimum atomic E-state index is 0.561. The van der Waals surface area contributed by atoms with E-state index in [2.05, 4.69) is 15.2 Å². The van der Waals surface area contributed by atoms with Crippen LogP contribution in [0.3, 0.4) is 0 Å². The van der Waals surface area contributed by atoms with Crippen LogP contribution in [-0.2, 0) is 6.42 Å². The van der Waals surface area contributed by atoms with Gasteiger partial charge >= 0.3 is 0 Å². The highest BCUT2D eigenvalue weighted by molar-refractivity contribution is 5.46. The molecular formula is C10H14N4O. The number of nitrogens with one attached hydrogen (secondary N) is 1. The highest BCUT2D eigenvalue weighted by atomic mass is 16.4. The number of nitrogens with two attached hydrogens (primary N) is 1. The second-order valence-electron chi connectivity index (χ2n) is 3.46. The molecule has 5 nitrogen and oxygen atoms in total. The zero-order chi connectivity index (χ0) is 10.7. The van der Waals surface area contributed by atoms with Crippen LogP contribution in [0.4, 0.5) is 0 Å². The van der Waals surface area contributed by atoms with Crippen molar-refractivity contribution in [1.29, 1.82) is 0 Å². The first-order valence-corrected chi connectivity index (χ1v) is 4.97. The SMILES string of the molecule is Cc1cc(-c2ncc(CCCN)o2)n[nH]1. The van der Waals surface area contributed by atoms with Crippen molar-refractivity contribution in [2.75, 3.05) is 6.54 Å². The number of H-pyrrole nitrogens is 1.